The molecule has 0 aliphatic heterocycles. The first kappa shape index (κ1) is 29.0. The van der Waals surface area contributed by atoms with Crippen LogP contribution in [0.25, 0.3) is 0 Å². The van der Waals surface area contributed by atoms with Gasteiger partial charge in [-0.3, -0.25) is 9.59 Å². The van der Waals surface area contributed by atoms with E-state index in [4.69, 9.17) is 4.74 Å². The number of nitrogens with zero attached hydrogens (tertiary/aromatic N) is 2. The Kier molecular flexibility index (Phi) is 9.68. The number of benzene rings is 1. The molecule has 0 aliphatic carbocycles. The number of carbonyl (C=O) groups is 3. The largest absolute Gasteiger partial charge is 0.444 e. The average molecular weight is 473 g/mol. The van der Waals surface area contributed by atoms with Crippen LogP contribution in [0.5, 0.6) is 0 Å². The number of ether oxygens (including phenoxy) is 1. The van der Waals surface area contributed by atoms with Crippen molar-refractivity contribution in [3.05, 3.63) is 34.9 Å². The van der Waals surface area contributed by atoms with Crippen molar-refractivity contribution in [2.75, 3.05) is 6.54 Å². The average Bonchev–Trinajstić information content (AvgIpc) is 2.65. The summed E-state index contributed by atoms with van der Waals surface area (Å²) in [7, 11) is 0. The maximum absolute atomic E-state index is 13.7. The van der Waals surface area contributed by atoms with Crippen molar-refractivity contribution in [2.45, 2.75) is 92.5 Å². The van der Waals surface area contributed by atoms with E-state index in [9.17, 15) is 19.6 Å². The summed E-state index contributed by atoms with van der Waals surface area (Å²) in [6.07, 6.45) is -0.738. The van der Waals surface area contributed by atoms with E-state index in [1.807, 2.05) is 52.8 Å². The number of amides is 3. The summed E-state index contributed by atoms with van der Waals surface area (Å²) in [6, 6.07) is 5.50. The number of rotatable bonds is 7. The number of hydrogen-bond acceptors (Lipinski definition) is 5. The molecule has 8 heteroatoms. The van der Waals surface area contributed by atoms with Crippen molar-refractivity contribution in [1.82, 2.24) is 15.5 Å². The van der Waals surface area contributed by atoms with E-state index >= 15 is 0 Å². The fourth-order valence-electron chi connectivity index (χ4n) is 3.34. The van der Waals surface area contributed by atoms with Crippen molar-refractivity contribution in [1.29, 1.82) is 5.26 Å². The highest BCUT2D eigenvalue weighted by Gasteiger charge is 2.38. The van der Waals surface area contributed by atoms with Crippen molar-refractivity contribution < 1.29 is 19.1 Å². The van der Waals surface area contributed by atoms with Crippen LogP contribution in [0.3, 0.4) is 0 Å². The molecule has 1 aromatic carbocycles. The zero-order valence-electron chi connectivity index (χ0n) is 22.2. The lowest BCUT2D eigenvalue weighted by atomic mass is 9.96. The first-order valence-corrected chi connectivity index (χ1v) is 11.5. The summed E-state index contributed by atoms with van der Waals surface area (Å²) in [6.45, 7) is 17.9. The van der Waals surface area contributed by atoms with Gasteiger partial charge in [-0.15, -0.1) is 0 Å². The molecule has 0 saturated heterocycles. The third-order valence-electron chi connectivity index (χ3n) is 5.03. The minimum atomic E-state index is -1.05. The number of carbonyl (C=O) groups excluding carboxylic acids is 3. The Morgan fingerprint density at radius 3 is 2.09 bits per heavy atom. The third-order valence-corrected chi connectivity index (χ3v) is 5.03. The molecule has 0 spiro atoms. The van der Waals surface area contributed by atoms with Crippen molar-refractivity contribution in [3.8, 4) is 6.07 Å². The molecule has 0 fully saturated rings. The first-order valence-electron chi connectivity index (χ1n) is 11.5. The van der Waals surface area contributed by atoms with Gasteiger partial charge >= 0.3 is 6.09 Å². The Balaban J connectivity index is 3.51. The van der Waals surface area contributed by atoms with Crippen LogP contribution in [0, 0.1) is 31.1 Å². The lowest BCUT2D eigenvalue weighted by Gasteiger charge is -2.35. The lowest BCUT2D eigenvalue weighted by Crippen LogP contribution is -2.56. The van der Waals surface area contributed by atoms with E-state index in [-0.39, 0.29) is 12.5 Å². The van der Waals surface area contributed by atoms with Crippen LogP contribution in [0.2, 0.25) is 0 Å². The van der Waals surface area contributed by atoms with Crippen molar-refractivity contribution in [3.63, 3.8) is 0 Å². The first-order chi connectivity index (χ1) is 15.5. The summed E-state index contributed by atoms with van der Waals surface area (Å²) in [5.41, 5.74) is 1.30. The molecule has 0 heterocycles. The molecule has 0 aromatic heterocycles. The summed E-state index contributed by atoms with van der Waals surface area (Å²) < 4.78 is 5.33. The fraction of sp³-hybridized carbons (Fsp3) is 0.615. The lowest BCUT2D eigenvalue weighted by molar-refractivity contribution is -0.143. The summed E-state index contributed by atoms with van der Waals surface area (Å²) in [5, 5.41) is 15.1. The van der Waals surface area contributed by atoms with Gasteiger partial charge < -0.3 is 20.3 Å². The van der Waals surface area contributed by atoms with Crippen LogP contribution >= 0.6 is 0 Å². The Morgan fingerprint density at radius 2 is 1.65 bits per heavy atom. The van der Waals surface area contributed by atoms with E-state index in [0.29, 0.717) is 5.56 Å². The van der Waals surface area contributed by atoms with Gasteiger partial charge in [-0.05, 0) is 78.0 Å². The molecular weight excluding hydrogens is 432 g/mol. The van der Waals surface area contributed by atoms with Gasteiger partial charge in [0.1, 0.15) is 24.2 Å². The smallest absolute Gasteiger partial charge is 0.408 e. The molecule has 1 aromatic rings. The van der Waals surface area contributed by atoms with E-state index in [1.54, 1.807) is 40.7 Å². The topological polar surface area (TPSA) is 112 Å². The van der Waals surface area contributed by atoms with Crippen LogP contribution in [0.15, 0.2) is 18.2 Å². The molecule has 2 N–H and O–H groups in total. The normalized spacial score (nSPS) is 13.5. The molecule has 188 valence electrons. The Hall–Kier alpha value is -3.08. The fourth-order valence-corrected chi connectivity index (χ4v) is 3.34. The van der Waals surface area contributed by atoms with Crippen LogP contribution in [-0.2, 0) is 14.3 Å². The van der Waals surface area contributed by atoms with Gasteiger partial charge in [-0.1, -0.05) is 32.0 Å². The minimum absolute atomic E-state index is 0.313. The van der Waals surface area contributed by atoms with E-state index in [1.165, 1.54) is 4.90 Å². The molecule has 0 radical (unpaired) electrons. The number of alkyl carbamates (subject to hydrolysis) is 1. The van der Waals surface area contributed by atoms with Gasteiger partial charge in [0.15, 0.2) is 0 Å². The molecule has 2 unspecified atom stereocenters. The molecule has 34 heavy (non-hydrogen) atoms. The SMILES string of the molecule is Cc1ccc(C(C(=O)NC(C)(C)C)N(CC#N)C(=O)C(NC(=O)OC(C)(C)C)C(C)C)cc1C. The summed E-state index contributed by atoms with van der Waals surface area (Å²) >= 11 is 0. The number of aryl methyl sites for hydroxylation is 2. The second kappa shape index (κ2) is 11.4. The predicted molar refractivity (Wildman–Crippen MR) is 132 cm³/mol. The van der Waals surface area contributed by atoms with Crippen molar-refractivity contribution >= 4 is 17.9 Å². The number of hydrogen-bond donors (Lipinski definition) is 2. The quantitative estimate of drug-likeness (QED) is 0.579. The maximum Gasteiger partial charge on any atom is 0.408 e. The summed E-state index contributed by atoms with van der Waals surface area (Å²) in [4.78, 5) is 40.9. The monoisotopic (exact) mass is 472 g/mol. The van der Waals surface area contributed by atoms with E-state index in [2.05, 4.69) is 10.6 Å². The predicted octanol–water partition coefficient (Wildman–Crippen LogP) is 4.16. The highest BCUT2D eigenvalue weighted by atomic mass is 16.6. The third kappa shape index (κ3) is 8.69. The Labute approximate surface area is 204 Å². The molecule has 3 amide bonds. The van der Waals surface area contributed by atoms with Crippen LogP contribution in [0.4, 0.5) is 4.79 Å². The molecule has 0 saturated carbocycles. The zero-order valence-corrected chi connectivity index (χ0v) is 22.2. The van der Waals surface area contributed by atoms with Gasteiger partial charge in [0.25, 0.3) is 0 Å². The molecule has 0 aliphatic rings. The van der Waals surface area contributed by atoms with Crippen LogP contribution in [-0.4, -0.2) is 46.5 Å². The zero-order chi connectivity index (χ0) is 26.4. The minimum Gasteiger partial charge on any atom is -0.444 e. The van der Waals surface area contributed by atoms with Gasteiger partial charge in [0.2, 0.25) is 11.8 Å². The maximum atomic E-state index is 13.7. The van der Waals surface area contributed by atoms with Gasteiger partial charge in [-0.2, -0.15) is 5.26 Å². The van der Waals surface area contributed by atoms with Gasteiger partial charge in [0.05, 0.1) is 6.07 Å². The summed E-state index contributed by atoms with van der Waals surface area (Å²) in [5.74, 6) is -1.25. The second-order valence-corrected chi connectivity index (χ2v) is 11.0. The highest BCUT2D eigenvalue weighted by Crippen LogP contribution is 2.26. The van der Waals surface area contributed by atoms with Gasteiger partial charge in [0, 0.05) is 5.54 Å². The highest BCUT2D eigenvalue weighted by molar-refractivity contribution is 5.92. The molecule has 0 bridgehead atoms. The van der Waals surface area contributed by atoms with E-state index < -0.39 is 41.1 Å². The Bertz CT molecular complexity index is 936. The molecule has 2 atom stereocenters. The molecular formula is C26H40N4O4. The number of nitriles is 1. The van der Waals surface area contributed by atoms with Crippen LogP contribution in [0.1, 0.15) is 78.1 Å². The Morgan fingerprint density at radius 1 is 1.06 bits per heavy atom. The molecule has 1 rings (SSSR count). The van der Waals surface area contributed by atoms with Crippen LogP contribution < -0.4 is 10.6 Å². The van der Waals surface area contributed by atoms with Crippen molar-refractivity contribution in [2.24, 2.45) is 5.92 Å². The number of nitrogens with one attached hydrogen (secondary N) is 2. The standard InChI is InChI=1S/C26H40N4O4/c1-16(2)20(28-24(33)34-26(8,9)10)23(32)30(14-13-27)21(22(31)29-25(5,6)7)19-12-11-17(3)18(4)15-19/h11-12,15-16,20-21H,14H2,1-10H3,(H,28,33)(H,29,31). The molecule has 8 nitrogen and oxygen atoms in total. The van der Waals surface area contributed by atoms with E-state index in [0.717, 1.165) is 11.1 Å². The second-order valence-electron chi connectivity index (χ2n) is 11.0. The van der Waals surface area contributed by atoms with Gasteiger partial charge in [-0.25, -0.2) is 4.79 Å².